The first kappa shape index (κ1) is 13.0. The molecule has 2 aromatic rings. The Hall–Kier alpha value is -1.46. The van der Waals surface area contributed by atoms with Gasteiger partial charge in [-0.1, -0.05) is 12.1 Å². The Kier molecular flexibility index (Phi) is 4.66. The second-order valence-electron chi connectivity index (χ2n) is 3.52. The molecule has 0 aliphatic heterocycles. The van der Waals surface area contributed by atoms with E-state index in [1.165, 1.54) is 4.21 Å². The van der Waals surface area contributed by atoms with Crippen molar-refractivity contribution in [2.24, 2.45) is 5.73 Å². The fourth-order valence-electron chi connectivity index (χ4n) is 1.39. The summed E-state index contributed by atoms with van der Waals surface area (Å²) in [7, 11) is 0. The molecule has 0 aliphatic carbocycles. The normalized spacial score (nSPS) is 10.2. The number of carbonyl (C=O) groups excluding carboxylic acids is 1. The fraction of sp³-hybridized carbons (Fsp3) is 0.154. The Morgan fingerprint density at radius 1 is 1.33 bits per heavy atom. The monoisotopic (exact) mass is 279 g/mol. The van der Waals surface area contributed by atoms with Crippen LogP contribution in [0.3, 0.4) is 0 Å². The van der Waals surface area contributed by atoms with Gasteiger partial charge in [-0.3, -0.25) is 4.79 Å². The molecule has 0 bridgehead atoms. The number of primary amides is 1. The van der Waals surface area contributed by atoms with Crippen LogP contribution in [0.1, 0.15) is 10.4 Å². The van der Waals surface area contributed by atoms with E-state index in [0.717, 1.165) is 5.75 Å². The molecule has 18 heavy (non-hydrogen) atoms. The van der Waals surface area contributed by atoms with Gasteiger partial charge in [-0.25, -0.2) is 0 Å². The third-order valence-corrected chi connectivity index (χ3v) is 4.31. The van der Waals surface area contributed by atoms with Crippen molar-refractivity contribution in [1.29, 1.82) is 0 Å². The lowest BCUT2D eigenvalue weighted by Gasteiger charge is -2.06. The lowest BCUT2D eigenvalue weighted by molar-refractivity contribution is 0.1000. The minimum Gasteiger partial charge on any atom is -0.493 e. The number of amides is 1. The number of benzene rings is 1. The average molecular weight is 279 g/mol. The minimum atomic E-state index is -0.437. The Balaban J connectivity index is 1.79. The van der Waals surface area contributed by atoms with Gasteiger partial charge in [0.25, 0.3) is 0 Å². The van der Waals surface area contributed by atoms with Gasteiger partial charge in [-0.15, -0.1) is 23.1 Å². The zero-order valence-corrected chi connectivity index (χ0v) is 11.3. The summed E-state index contributed by atoms with van der Waals surface area (Å²) in [6, 6.07) is 11.0. The quantitative estimate of drug-likeness (QED) is 0.653. The highest BCUT2D eigenvalue weighted by atomic mass is 32.2. The second-order valence-corrected chi connectivity index (χ2v) is 5.86. The SMILES string of the molecule is NC(=O)c1cccc(OCCSc2cccs2)c1. The summed E-state index contributed by atoms with van der Waals surface area (Å²) in [5, 5.41) is 2.06. The number of nitrogens with two attached hydrogens (primary N) is 1. The van der Waals surface area contributed by atoms with E-state index in [2.05, 4.69) is 11.4 Å². The van der Waals surface area contributed by atoms with Gasteiger partial charge in [0.2, 0.25) is 5.91 Å². The average Bonchev–Trinajstić information content (AvgIpc) is 2.88. The number of hydrogen-bond donors (Lipinski definition) is 1. The summed E-state index contributed by atoms with van der Waals surface area (Å²) < 4.78 is 6.85. The summed E-state index contributed by atoms with van der Waals surface area (Å²) in [5.41, 5.74) is 5.68. The first-order valence-electron chi connectivity index (χ1n) is 5.44. The molecule has 1 amide bonds. The van der Waals surface area contributed by atoms with Crippen LogP contribution in [-0.4, -0.2) is 18.3 Å². The van der Waals surface area contributed by atoms with Crippen molar-refractivity contribution in [2.45, 2.75) is 4.21 Å². The van der Waals surface area contributed by atoms with Crippen LogP contribution in [0, 0.1) is 0 Å². The Morgan fingerprint density at radius 2 is 2.22 bits per heavy atom. The van der Waals surface area contributed by atoms with Crippen molar-refractivity contribution in [3.63, 3.8) is 0 Å². The number of rotatable bonds is 6. The molecule has 0 saturated carbocycles. The molecule has 1 aromatic heterocycles. The standard InChI is InChI=1S/C13H13NO2S2/c14-13(15)10-3-1-4-11(9-10)16-6-8-18-12-5-2-7-17-12/h1-5,7,9H,6,8H2,(H2,14,15). The molecule has 0 spiro atoms. The Labute approximate surface area is 114 Å². The van der Waals surface area contributed by atoms with E-state index < -0.39 is 5.91 Å². The summed E-state index contributed by atoms with van der Waals surface area (Å²) in [4.78, 5) is 11.0. The van der Waals surface area contributed by atoms with Crippen LogP contribution in [-0.2, 0) is 0 Å². The Morgan fingerprint density at radius 3 is 2.94 bits per heavy atom. The van der Waals surface area contributed by atoms with Gasteiger partial charge in [0.15, 0.2) is 0 Å². The number of ether oxygens (including phenoxy) is 1. The van der Waals surface area contributed by atoms with Gasteiger partial charge in [0.05, 0.1) is 10.8 Å². The molecule has 3 nitrogen and oxygen atoms in total. The zero-order chi connectivity index (χ0) is 12.8. The molecule has 0 saturated heterocycles. The van der Waals surface area contributed by atoms with Gasteiger partial charge in [0.1, 0.15) is 5.75 Å². The van der Waals surface area contributed by atoms with Crippen molar-refractivity contribution in [1.82, 2.24) is 0 Å². The molecule has 0 radical (unpaired) electrons. The van der Waals surface area contributed by atoms with E-state index in [4.69, 9.17) is 10.5 Å². The molecular weight excluding hydrogens is 266 g/mol. The second kappa shape index (κ2) is 6.47. The molecule has 0 aliphatic rings. The fourth-order valence-corrected chi connectivity index (χ4v) is 3.07. The van der Waals surface area contributed by atoms with Crippen LogP contribution in [0.25, 0.3) is 0 Å². The molecule has 5 heteroatoms. The maximum Gasteiger partial charge on any atom is 0.248 e. The molecule has 0 unspecified atom stereocenters. The number of thioether (sulfide) groups is 1. The van der Waals surface area contributed by atoms with E-state index >= 15 is 0 Å². The van der Waals surface area contributed by atoms with Gasteiger partial charge < -0.3 is 10.5 Å². The number of hydrogen-bond acceptors (Lipinski definition) is 4. The van der Waals surface area contributed by atoms with Crippen LogP contribution >= 0.6 is 23.1 Å². The maximum absolute atomic E-state index is 11.0. The van der Waals surface area contributed by atoms with E-state index in [-0.39, 0.29) is 0 Å². The van der Waals surface area contributed by atoms with Crippen LogP contribution in [0.5, 0.6) is 5.75 Å². The van der Waals surface area contributed by atoms with E-state index in [9.17, 15) is 4.79 Å². The third kappa shape index (κ3) is 3.78. The molecule has 1 heterocycles. The van der Waals surface area contributed by atoms with Crippen molar-refractivity contribution < 1.29 is 9.53 Å². The first-order chi connectivity index (χ1) is 8.75. The van der Waals surface area contributed by atoms with Crippen molar-refractivity contribution in [2.75, 3.05) is 12.4 Å². The van der Waals surface area contributed by atoms with Gasteiger partial charge in [-0.05, 0) is 29.6 Å². The lowest BCUT2D eigenvalue weighted by Crippen LogP contribution is -2.11. The van der Waals surface area contributed by atoms with Crippen LogP contribution in [0.4, 0.5) is 0 Å². The van der Waals surface area contributed by atoms with Gasteiger partial charge in [0, 0.05) is 11.3 Å². The van der Waals surface area contributed by atoms with Crippen LogP contribution < -0.4 is 10.5 Å². The smallest absolute Gasteiger partial charge is 0.248 e. The summed E-state index contributed by atoms with van der Waals surface area (Å²) in [5.74, 6) is 1.12. The highest BCUT2D eigenvalue weighted by Crippen LogP contribution is 2.23. The predicted molar refractivity (Wildman–Crippen MR) is 75.5 cm³/mol. The molecule has 1 aromatic carbocycles. The van der Waals surface area contributed by atoms with E-state index in [0.29, 0.717) is 17.9 Å². The van der Waals surface area contributed by atoms with E-state index in [1.54, 1.807) is 41.3 Å². The van der Waals surface area contributed by atoms with Crippen LogP contribution in [0.2, 0.25) is 0 Å². The van der Waals surface area contributed by atoms with Gasteiger partial charge >= 0.3 is 0 Å². The largest absolute Gasteiger partial charge is 0.493 e. The molecular formula is C13H13NO2S2. The van der Waals surface area contributed by atoms with E-state index in [1.807, 2.05) is 12.1 Å². The third-order valence-electron chi connectivity index (χ3n) is 2.21. The number of thiophene rings is 1. The van der Waals surface area contributed by atoms with Crippen LogP contribution in [0.15, 0.2) is 46.0 Å². The predicted octanol–water partition coefficient (Wildman–Crippen LogP) is 3.02. The minimum absolute atomic E-state index is 0.437. The topological polar surface area (TPSA) is 52.3 Å². The summed E-state index contributed by atoms with van der Waals surface area (Å²) >= 11 is 3.48. The molecule has 2 N–H and O–H groups in total. The highest BCUT2D eigenvalue weighted by molar-refractivity contribution is 8.01. The molecule has 94 valence electrons. The molecule has 0 atom stereocenters. The summed E-state index contributed by atoms with van der Waals surface area (Å²) in [6.07, 6.45) is 0. The van der Waals surface area contributed by atoms with Gasteiger partial charge in [-0.2, -0.15) is 0 Å². The number of carbonyl (C=O) groups is 1. The lowest BCUT2D eigenvalue weighted by atomic mass is 10.2. The zero-order valence-electron chi connectivity index (χ0n) is 9.67. The van der Waals surface area contributed by atoms with Crippen molar-refractivity contribution in [3.8, 4) is 5.75 Å². The van der Waals surface area contributed by atoms with Crippen molar-refractivity contribution >= 4 is 29.0 Å². The summed E-state index contributed by atoms with van der Waals surface area (Å²) in [6.45, 7) is 0.602. The molecule has 0 fully saturated rings. The Bertz CT molecular complexity index is 511. The highest BCUT2D eigenvalue weighted by Gasteiger charge is 2.02. The van der Waals surface area contributed by atoms with Crippen molar-refractivity contribution in [3.05, 3.63) is 47.3 Å². The first-order valence-corrected chi connectivity index (χ1v) is 7.31. The molecule has 2 rings (SSSR count). The maximum atomic E-state index is 11.0.